The van der Waals surface area contributed by atoms with Crippen LogP contribution in [0, 0.1) is 19.9 Å². The predicted molar refractivity (Wildman–Crippen MR) is 45.5 cm³/mol. The van der Waals surface area contributed by atoms with Crippen LogP contribution in [0.1, 0.15) is 16.7 Å². The number of methoxy groups -OCH3 is 1. The minimum Gasteiger partial charge on any atom is -0.380 e. The second kappa shape index (κ2) is 3.54. The van der Waals surface area contributed by atoms with Crippen molar-refractivity contribution in [3.8, 4) is 0 Å². The van der Waals surface area contributed by atoms with Crippen LogP contribution in [0.25, 0.3) is 0 Å². The molecule has 0 N–H and O–H groups in total. The fourth-order valence-electron chi connectivity index (χ4n) is 1.15. The first-order chi connectivity index (χ1) is 5.25. The molecule has 0 bridgehead atoms. The second-order valence-corrected chi connectivity index (χ2v) is 2.73. The molecule has 0 aliphatic rings. The first-order valence-electron chi connectivity index (χ1n) is 3.71. The molecule has 0 amide bonds. The molecule has 1 radical (unpaired) electrons. The predicted octanol–water partition coefficient (Wildman–Crippen LogP) is 2.25. The van der Waals surface area contributed by atoms with E-state index in [1.54, 1.807) is 7.11 Å². The van der Waals surface area contributed by atoms with Crippen molar-refractivity contribution >= 4 is 0 Å². The average molecular weight is 149 g/mol. The van der Waals surface area contributed by atoms with Crippen LogP contribution in [0.5, 0.6) is 0 Å². The number of hydrogen-bond acceptors (Lipinski definition) is 1. The molecule has 1 aromatic rings. The van der Waals surface area contributed by atoms with Gasteiger partial charge in [-0.2, -0.15) is 0 Å². The molecule has 1 aromatic carbocycles. The van der Waals surface area contributed by atoms with Gasteiger partial charge in [-0.05, 0) is 36.6 Å². The lowest BCUT2D eigenvalue weighted by molar-refractivity contribution is 0.184. The molecule has 11 heavy (non-hydrogen) atoms. The molecular formula is C10H13O. The maximum atomic E-state index is 5.08. The number of ether oxygens (including phenoxy) is 1. The van der Waals surface area contributed by atoms with Crippen LogP contribution in [0.3, 0.4) is 0 Å². The Labute approximate surface area is 68.0 Å². The van der Waals surface area contributed by atoms with E-state index >= 15 is 0 Å². The minimum absolute atomic E-state index is 0.701. The molecule has 0 aliphatic carbocycles. The van der Waals surface area contributed by atoms with Gasteiger partial charge in [0.2, 0.25) is 0 Å². The fourth-order valence-corrected chi connectivity index (χ4v) is 1.15. The van der Waals surface area contributed by atoms with E-state index in [2.05, 4.69) is 19.9 Å². The summed E-state index contributed by atoms with van der Waals surface area (Å²) in [5.74, 6) is 0. The first-order valence-corrected chi connectivity index (χ1v) is 3.71. The van der Waals surface area contributed by atoms with Crippen molar-refractivity contribution in [2.24, 2.45) is 0 Å². The van der Waals surface area contributed by atoms with Crippen LogP contribution in [-0.2, 0) is 11.3 Å². The minimum atomic E-state index is 0.701. The van der Waals surface area contributed by atoms with Crippen LogP contribution in [0.15, 0.2) is 12.1 Å². The van der Waals surface area contributed by atoms with E-state index in [-0.39, 0.29) is 0 Å². The molecule has 0 saturated carbocycles. The van der Waals surface area contributed by atoms with Crippen molar-refractivity contribution in [2.45, 2.75) is 20.5 Å². The molecule has 0 saturated heterocycles. The van der Waals surface area contributed by atoms with Gasteiger partial charge in [0.25, 0.3) is 0 Å². The van der Waals surface area contributed by atoms with E-state index in [1.807, 2.05) is 12.1 Å². The van der Waals surface area contributed by atoms with Gasteiger partial charge in [-0.15, -0.1) is 0 Å². The number of rotatable bonds is 2. The SMILES string of the molecule is COCc1c(C)c[c]cc1C. The number of hydrogen-bond donors (Lipinski definition) is 0. The van der Waals surface area contributed by atoms with Gasteiger partial charge in [0.15, 0.2) is 0 Å². The lowest BCUT2D eigenvalue weighted by Gasteiger charge is -2.06. The van der Waals surface area contributed by atoms with Crippen molar-refractivity contribution in [1.29, 1.82) is 0 Å². The Kier molecular flexibility index (Phi) is 2.66. The largest absolute Gasteiger partial charge is 0.380 e. The van der Waals surface area contributed by atoms with E-state index < -0.39 is 0 Å². The summed E-state index contributed by atoms with van der Waals surface area (Å²) >= 11 is 0. The van der Waals surface area contributed by atoms with Crippen molar-refractivity contribution in [3.63, 3.8) is 0 Å². The topological polar surface area (TPSA) is 9.23 Å². The highest BCUT2D eigenvalue weighted by molar-refractivity contribution is 5.32. The Morgan fingerprint density at radius 3 is 2.27 bits per heavy atom. The fraction of sp³-hybridized carbons (Fsp3) is 0.400. The van der Waals surface area contributed by atoms with E-state index in [4.69, 9.17) is 4.74 Å². The van der Waals surface area contributed by atoms with Crippen LogP contribution >= 0.6 is 0 Å². The van der Waals surface area contributed by atoms with Crippen molar-refractivity contribution < 1.29 is 4.74 Å². The van der Waals surface area contributed by atoms with Gasteiger partial charge in [0.05, 0.1) is 6.61 Å². The molecule has 1 nitrogen and oxygen atoms in total. The highest BCUT2D eigenvalue weighted by Gasteiger charge is 1.99. The summed E-state index contributed by atoms with van der Waals surface area (Å²) in [6.07, 6.45) is 0. The van der Waals surface area contributed by atoms with Gasteiger partial charge in [-0.1, -0.05) is 12.1 Å². The standard InChI is InChI=1S/C10H13O/c1-8-5-4-6-9(2)10(8)7-11-3/h5-6H,7H2,1-3H3. The molecule has 0 heterocycles. The third-order valence-corrected chi connectivity index (χ3v) is 1.84. The van der Waals surface area contributed by atoms with E-state index in [9.17, 15) is 0 Å². The highest BCUT2D eigenvalue weighted by Crippen LogP contribution is 2.13. The summed E-state index contributed by atoms with van der Waals surface area (Å²) in [6.45, 7) is 4.86. The zero-order valence-electron chi connectivity index (χ0n) is 7.27. The Bertz CT molecular complexity index is 220. The zero-order valence-corrected chi connectivity index (χ0v) is 7.27. The second-order valence-electron chi connectivity index (χ2n) is 2.73. The van der Waals surface area contributed by atoms with Crippen molar-refractivity contribution in [3.05, 3.63) is 34.9 Å². The Morgan fingerprint density at radius 2 is 1.82 bits per heavy atom. The molecule has 1 heteroatoms. The van der Waals surface area contributed by atoms with Crippen LogP contribution in [0.4, 0.5) is 0 Å². The molecule has 0 spiro atoms. The van der Waals surface area contributed by atoms with Gasteiger partial charge in [-0.25, -0.2) is 0 Å². The quantitative estimate of drug-likeness (QED) is 0.626. The van der Waals surface area contributed by atoms with Crippen molar-refractivity contribution in [1.82, 2.24) is 0 Å². The smallest absolute Gasteiger partial charge is 0.0718 e. The molecule has 0 fully saturated rings. The molecule has 0 aromatic heterocycles. The van der Waals surface area contributed by atoms with Crippen LogP contribution in [-0.4, -0.2) is 7.11 Å². The number of aryl methyl sites for hydroxylation is 2. The summed E-state index contributed by atoms with van der Waals surface area (Å²) in [7, 11) is 1.72. The summed E-state index contributed by atoms with van der Waals surface area (Å²) in [4.78, 5) is 0. The Morgan fingerprint density at radius 1 is 1.27 bits per heavy atom. The van der Waals surface area contributed by atoms with Gasteiger partial charge in [-0.3, -0.25) is 0 Å². The van der Waals surface area contributed by atoms with Crippen LogP contribution < -0.4 is 0 Å². The normalized spacial score (nSPS) is 10.1. The molecular weight excluding hydrogens is 136 g/mol. The number of benzene rings is 1. The van der Waals surface area contributed by atoms with Gasteiger partial charge < -0.3 is 4.74 Å². The summed E-state index contributed by atoms with van der Waals surface area (Å²) < 4.78 is 5.08. The highest BCUT2D eigenvalue weighted by atomic mass is 16.5. The molecule has 0 unspecified atom stereocenters. The molecule has 0 atom stereocenters. The Hall–Kier alpha value is -0.820. The van der Waals surface area contributed by atoms with E-state index in [1.165, 1.54) is 16.7 Å². The average Bonchev–Trinajstić information content (AvgIpc) is 1.97. The maximum absolute atomic E-state index is 5.08. The monoisotopic (exact) mass is 149 g/mol. The molecule has 59 valence electrons. The van der Waals surface area contributed by atoms with Gasteiger partial charge in [0.1, 0.15) is 0 Å². The Balaban J connectivity index is 3.00. The van der Waals surface area contributed by atoms with Crippen LogP contribution in [0.2, 0.25) is 0 Å². The first kappa shape index (κ1) is 8.28. The maximum Gasteiger partial charge on any atom is 0.0718 e. The zero-order chi connectivity index (χ0) is 8.27. The lowest BCUT2D eigenvalue weighted by atomic mass is 10.0. The summed E-state index contributed by atoms with van der Waals surface area (Å²) in [6, 6.07) is 7.05. The van der Waals surface area contributed by atoms with E-state index in [0.29, 0.717) is 6.61 Å². The molecule has 1 rings (SSSR count). The summed E-state index contributed by atoms with van der Waals surface area (Å²) in [5.41, 5.74) is 3.80. The summed E-state index contributed by atoms with van der Waals surface area (Å²) in [5, 5.41) is 0. The van der Waals surface area contributed by atoms with E-state index in [0.717, 1.165) is 0 Å². The van der Waals surface area contributed by atoms with Gasteiger partial charge >= 0.3 is 0 Å². The third kappa shape index (κ3) is 1.81. The molecule has 0 aliphatic heterocycles. The third-order valence-electron chi connectivity index (χ3n) is 1.84. The van der Waals surface area contributed by atoms with Gasteiger partial charge in [0, 0.05) is 7.11 Å². The van der Waals surface area contributed by atoms with Crippen molar-refractivity contribution in [2.75, 3.05) is 7.11 Å². The lowest BCUT2D eigenvalue weighted by Crippen LogP contribution is -1.94.